The van der Waals surface area contributed by atoms with Crippen molar-refractivity contribution in [2.24, 2.45) is 0 Å². The molecule has 0 aliphatic rings. The predicted molar refractivity (Wildman–Crippen MR) is 70.9 cm³/mol. The van der Waals surface area contributed by atoms with E-state index in [9.17, 15) is 4.79 Å². The van der Waals surface area contributed by atoms with Crippen LogP contribution in [0.3, 0.4) is 0 Å². The minimum Gasteiger partial charge on any atom is -0.491 e. The van der Waals surface area contributed by atoms with E-state index in [1.165, 1.54) is 0 Å². The molecule has 100 valence electrons. The molecule has 0 aliphatic heterocycles. The number of carbonyl (C=O) groups is 1. The van der Waals surface area contributed by atoms with Crippen LogP contribution in [0.2, 0.25) is 0 Å². The highest BCUT2D eigenvalue weighted by Gasteiger charge is 2.06. The number of ether oxygens (including phenoxy) is 1. The lowest BCUT2D eigenvalue weighted by Crippen LogP contribution is -2.21. The van der Waals surface area contributed by atoms with Gasteiger partial charge < -0.3 is 15.2 Å². The van der Waals surface area contributed by atoms with Gasteiger partial charge in [-0.25, -0.2) is 0 Å². The molecule has 0 saturated carbocycles. The van der Waals surface area contributed by atoms with Gasteiger partial charge in [0.2, 0.25) is 0 Å². The molecule has 0 heterocycles. The van der Waals surface area contributed by atoms with E-state index < -0.39 is 5.97 Å². The molecule has 1 rings (SSSR count). The number of nitrogens with one attached hydrogen (secondary N) is 1. The van der Waals surface area contributed by atoms with Gasteiger partial charge in [0.25, 0.3) is 0 Å². The molecule has 4 heteroatoms. The summed E-state index contributed by atoms with van der Waals surface area (Å²) in [5, 5.41) is 11.7. The molecule has 4 nitrogen and oxygen atoms in total. The molecule has 0 spiro atoms. The Morgan fingerprint density at radius 1 is 1.28 bits per heavy atom. The first-order valence-corrected chi connectivity index (χ1v) is 6.21. The maximum atomic E-state index is 10.4. The zero-order chi connectivity index (χ0) is 13.5. The van der Waals surface area contributed by atoms with Crippen LogP contribution in [0.1, 0.15) is 38.8 Å². The second kappa shape index (κ2) is 7.01. The Bertz CT molecular complexity index is 373. The maximum Gasteiger partial charge on any atom is 0.304 e. The number of hydrogen-bond donors (Lipinski definition) is 2. The lowest BCUT2D eigenvalue weighted by Gasteiger charge is -2.15. The van der Waals surface area contributed by atoms with Gasteiger partial charge in [0.1, 0.15) is 5.75 Å². The predicted octanol–water partition coefficient (Wildman–Crippen LogP) is 2.60. The normalized spacial score (nSPS) is 12.4. The Balaban J connectivity index is 2.48. The molecule has 0 aliphatic carbocycles. The number of rotatable bonds is 7. The summed E-state index contributed by atoms with van der Waals surface area (Å²) in [6, 6.07) is 8.00. The third-order valence-electron chi connectivity index (χ3n) is 2.54. The third kappa shape index (κ3) is 5.19. The Morgan fingerprint density at radius 2 is 1.89 bits per heavy atom. The Labute approximate surface area is 108 Å². The molecule has 1 atom stereocenters. The lowest BCUT2D eigenvalue weighted by atomic mass is 10.1. The van der Waals surface area contributed by atoms with Gasteiger partial charge in [-0.15, -0.1) is 0 Å². The first-order valence-electron chi connectivity index (χ1n) is 6.21. The van der Waals surface area contributed by atoms with Gasteiger partial charge in [-0.1, -0.05) is 12.1 Å². The number of carboxylic acid groups (broad SMARTS) is 1. The molecule has 2 N–H and O–H groups in total. The van der Waals surface area contributed by atoms with Crippen molar-refractivity contribution in [1.82, 2.24) is 5.32 Å². The number of carboxylic acids is 1. The van der Waals surface area contributed by atoms with Gasteiger partial charge in [0, 0.05) is 12.6 Å². The molecule has 0 saturated heterocycles. The Hall–Kier alpha value is -1.55. The van der Waals surface area contributed by atoms with Gasteiger partial charge in [0.15, 0.2) is 0 Å². The van der Waals surface area contributed by atoms with Crippen LogP contribution in [-0.4, -0.2) is 23.7 Å². The van der Waals surface area contributed by atoms with Crippen molar-refractivity contribution in [1.29, 1.82) is 0 Å². The second-order valence-corrected chi connectivity index (χ2v) is 4.56. The molecular formula is C14H21NO3. The lowest BCUT2D eigenvalue weighted by molar-refractivity contribution is -0.136. The summed E-state index contributed by atoms with van der Waals surface area (Å²) in [5.41, 5.74) is 1.12. The van der Waals surface area contributed by atoms with Crippen molar-refractivity contribution in [3.63, 3.8) is 0 Å². The third-order valence-corrected chi connectivity index (χ3v) is 2.54. The molecule has 1 unspecified atom stereocenters. The van der Waals surface area contributed by atoms with Crippen LogP contribution in [0.25, 0.3) is 0 Å². The van der Waals surface area contributed by atoms with Crippen LogP contribution in [0.5, 0.6) is 5.75 Å². The molecule has 0 radical (unpaired) electrons. The fourth-order valence-corrected chi connectivity index (χ4v) is 1.62. The van der Waals surface area contributed by atoms with Crippen LogP contribution >= 0.6 is 0 Å². The zero-order valence-electron chi connectivity index (χ0n) is 11.1. The fourth-order valence-electron chi connectivity index (χ4n) is 1.62. The Morgan fingerprint density at radius 3 is 2.39 bits per heavy atom. The zero-order valence-corrected chi connectivity index (χ0v) is 11.1. The highest BCUT2D eigenvalue weighted by molar-refractivity contribution is 5.66. The molecule has 0 aromatic heterocycles. The maximum absolute atomic E-state index is 10.4. The van der Waals surface area contributed by atoms with Crippen molar-refractivity contribution in [2.45, 2.75) is 39.3 Å². The second-order valence-electron chi connectivity index (χ2n) is 4.56. The number of aliphatic carboxylic acids is 1. The van der Waals surface area contributed by atoms with E-state index in [0.717, 1.165) is 11.3 Å². The van der Waals surface area contributed by atoms with Crippen molar-refractivity contribution < 1.29 is 14.6 Å². The minimum absolute atomic E-state index is 0.137. The SMILES string of the molecule is CC(C)Oc1ccc(C(C)NCCC(=O)O)cc1. The standard InChI is InChI=1S/C14H21NO3/c1-10(2)18-13-6-4-12(5-7-13)11(3)15-9-8-14(16)17/h4-7,10-11,15H,8-9H2,1-3H3,(H,16,17). The summed E-state index contributed by atoms with van der Waals surface area (Å²) in [5.74, 6) is 0.0712. The number of benzene rings is 1. The first kappa shape index (κ1) is 14.5. The molecule has 1 aromatic rings. The van der Waals surface area contributed by atoms with E-state index in [2.05, 4.69) is 5.32 Å². The molecule has 0 bridgehead atoms. The summed E-state index contributed by atoms with van der Waals surface area (Å²) < 4.78 is 5.56. The quantitative estimate of drug-likeness (QED) is 0.782. The minimum atomic E-state index is -0.782. The van der Waals surface area contributed by atoms with Crippen LogP contribution in [0, 0.1) is 0 Å². The smallest absolute Gasteiger partial charge is 0.304 e. The molecular weight excluding hydrogens is 230 g/mol. The first-order chi connectivity index (χ1) is 8.49. The highest BCUT2D eigenvalue weighted by Crippen LogP contribution is 2.18. The average molecular weight is 251 g/mol. The van der Waals surface area contributed by atoms with E-state index in [1.807, 2.05) is 45.0 Å². The van der Waals surface area contributed by atoms with Crippen molar-refractivity contribution in [3.8, 4) is 5.75 Å². The topological polar surface area (TPSA) is 58.6 Å². The monoisotopic (exact) mass is 251 g/mol. The highest BCUT2D eigenvalue weighted by atomic mass is 16.5. The molecule has 1 aromatic carbocycles. The van der Waals surface area contributed by atoms with Gasteiger partial charge in [-0.2, -0.15) is 0 Å². The van der Waals surface area contributed by atoms with Crippen molar-refractivity contribution in [3.05, 3.63) is 29.8 Å². The van der Waals surface area contributed by atoms with Crippen molar-refractivity contribution in [2.75, 3.05) is 6.54 Å². The van der Waals surface area contributed by atoms with Gasteiger partial charge >= 0.3 is 5.97 Å². The summed E-state index contributed by atoms with van der Waals surface area (Å²) in [6.07, 6.45) is 0.306. The van der Waals surface area contributed by atoms with E-state index >= 15 is 0 Å². The molecule has 0 fully saturated rings. The van der Waals surface area contributed by atoms with Crippen LogP contribution in [0.4, 0.5) is 0 Å². The van der Waals surface area contributed by atoms with Crippen molar-refractivity contribution >= 4 is 5.97 Å². The van der Waals surface area contributed by atoms with Gasteiger partial charge in [0.05, 0.1) is 12.5 Å². The van der Waals surface area contributed by atoms with Crippen LogP contribution < -0.4 is 10.1 Å². The molecule has 0 amide bonds. The van der Waals surface area contributed by atoms with Gasteiger partial charge in [-0.3, -0.25) is 4.79 Å². The number of hydrogen-bond acceptors (Lipinski definition) is 3. The average Bonchev–Trinajstić information content (AvgIpc) is 2.28. The largest absolute Gasteiger partial charge is 0.491 e. The Kier molecular flexibility index (Phi) is 5.65. The fraction of sp³-hybridized carbons (Fsp3) is 0.500. The van der Waals surface area contributed by atoms with Crippen LogP contribution in [0.15, 0.2) is 24.3 Å². The summed E-state index contributed by atoms with van der Waals surface area (Å²) in [7, 11) is 0. The van der Waals surface area contributed by atoms with Crippen LogP contribution in [-0.2, 0) is 4.79 Å². The summed E-state index contributed by atoms with van der Waals surface area (Å²) in [6.45, 7) is 6.47. The van der Waals surface area contributed by atoms with E-state index in [4.69, 9.17) is 9.84 Å². The van der Waals surface area contributed by atoms with E-state index in [0.29, 0.717) is 6.54 Å². The van der Waals surface area contributed by atoms with E-state index in [1.54, 1.807) is 0 Å². The summed E-state index contributed by atoms with van der Waals surface area (Å²) >= 11 is 0. The van der Waals surface area contributed by atoms with Gasteiger partial charge in [-0.05, 0) is 38.5 Å². The van der Waals surface area contributed by atoms with E-state index in [-0.39, 0.29) is 18.6 Å². The summed E-state index contributed by atoms with van der Waals surface area (Å²) in [4.78, 5) is 10.4. The molecule has 18 heavy (non-hydrogen) atoms.